The molecule has 176 valence electrons. The quantitative estimate of drug-likeness (QED) is 0.334. The van der Waals surface area contributed by atoms with Gasteiger partial charge in [-0.2, -0.15) is 0 Å². The van der Waals surface area contributed by atoms with E-state index in [1.165, 1.54) is 16.7 Å². The first kappa shape index (κ1) is 24.0. The maximum absolute atomic E-state index is 13.4. The number of rotatable bonds is 7. The number of carbonyl (C=O) groups excluding carboxylic acids is 2. The fourth-order valence-corrected chi connectivity index (χ4v) is 5.16. The minimum absolute atomic E-state index is 0.213. The summed E-state index contributed by atoms with van der Waals surface area (Å²) in [6, 6.07) is 14.2. The molecule has 1 aliphatic rings. The lowest BCUT2D eigenvalue weighted by Crippen LogP contribution is -2.41. The van der Waals surface area contributed by atoms with Crippen LogP contribution < -0.4 is 4.74 Å². The molecule has 0 N–H and O–H groups in total. The molecule has 2 heterocycles. The van der Waals surface area contributed by atoms with Crippen molar-refractivity contribution in [3.05, 3.63) is 71.8 Å². The van der Waals surface area contributed by atoms with Crippen LogP contribution in [0, 0.1) is 0 Å². The number of amides is 2. The number of hydrogen-bond donors (Lipinski definition) is 0. The number of hydrogen-bond acceptors (Lipinski definition) is 6. The summed E-state index contributed by atoms with van der Waals surface area (Å²) in [6.07, 6.45) is 4.01. The highest BCUT2D eigenvalue weighted by Crippen LogP contribution is 2.34. The van der Waals surface area contributed by atoms with Gasteiger partial charge in [-0.25, -0.2) is 0 Å². The van der Waals surface area contributed by atoms with E-state index >= 15 is 0 Å². The number of nitrogens with zero attached hydrogens (tertiary/aromatic N) is 4. The van der Waals surface area contributed by atoms with Gasteiger partial charge in [0.15, 0.2) is 11.0 Å². The van der Waals surface area contributed by atoms with Gasteiger partial charge in [0, 0.05) is 23.7 Å². The molecule has 34 heavy (non-hydrogen) atoms. The van der Waals surface area contributed by atoms with Crippen molar-refractivity contribution in [3.8, 4) is 17.1 Å². The zero-order chi connectivity index (χ0) is 24.1. The van der Waals surface area contributed by atoms with E-state index in [1.807, 2.05) is 28.8 Å². The summed E-state index contributed by atoms with van der Waals surface area (Å²) in [5.41, 5.74) is 1.25. The van der Waals surface area contributed by atoms with Crippen molar-refractivity contribution < 1.29 is 14.3 Å². The first-order chi connectivity index (χ1) is 16.5. The number of para-hydroxylation sites is 1. The molecular formula is C25H25ClN4O3S. The number of carbonyl (C=O) groups is 2. The monoisotopic (exact) mass is 496 g/mol. The second-order valence-electron chi connectivity index (χ2n) is 7.81. The lowest BCUT2D eigenvalue weighted by Gasteiger charge is -2.22. The molecule has 2 aromatic carbocycles. The molecule has 0 bridgehead atoms. The van der Waals surface area contributed by atoms with E-state index in [0.717, 1.165) is 18.4 Å². The Labute approximate surface area is 207 Å². The van der Waals surface area contributed by atoms with E-state index in [1.54, 1.807) is 37.5 Å². The molecule has 3 aromatic rings. The van der Waals surface area contributed by atoms with Gasteiger partial charge in [-0.1, -0.05) is 48.0 Å². The molecule has 1 saturated heterocycles. The standard InChI is InChI=1S/C25H25ClN4O3S/c1-3-15-29-22(19-8-4-5-9-20(19)33-2)27-28-25(29)34-21-10-6-7-16-30(24(21)32)23(31)17-11-13-18(26)14-12-17/h3-5,8-9,11-14,21H,1,6-7,10,15-16H2,2H3/t21-/m1/s1. The summed E-state index contributed by atoms with van der Waals surface area (Å²) in [6.45, 7) is 4.72. The largest absolute Gasteiger partial charge is 0.496 e. The minimum atomic E-state index is -0.447. The van der Waals surface area contributed by atoms with Crippen LogP contribution in [0.2, 0.25) is 5.02 Å². The molecule has 4 rings (SSSR count). The van der Waals surface area contributed by atoms with Gasteiger partial charge in [0.25, 0.3) is 5.91 Å². The van der Waals surface area contributed by atoms with E-state index in [4.69, 9.17) is 16.3 Å². The Morgan fingerprint density at radius 2 is 1.97 bits per heavy atom. The van der Waals surface area contributed by atoms with E-state index < -0.39 is 5.25 Å². The predicted octanol–water partition coefficient (Wildman–Crippen LogP) is 5.11. The Morgan fingerprint density at radius 1 is 1.21 bits per heavy atom. The summed E-state index contributed by atoms with van der Waals surface area (Å²) in [7, 11) is 1.61. The van der Waals surface area contributed by atoms with Crippen molar-refractivity contribution >= 4 is 35.2 Å². The second-order valence-corrected chi connectivity index (χ2v) is 9.42. The molecule has 1 aromatic heterocycles. The van der Waals surface area contributed by atoms with Crippen LogP contribution >= 0.6 is 23.4 Å². The molecular weight excluding hydrogens is 472 g/mol. The number of aromatic nitrogens is 3. The maximum Gasteiger partial charge on any atom is 0.260 e. The van der Waals surface area contributed by atoms with Gasteiger partial charge in [0.2, 0.25) is 5.91 Å². The average molecular weight is 497 g/mol. The maximum atomic E-state index is 13.4. The van der Waals surface area contributed by atoms with Crippen molar-refractivity contribution in [1.82, 2.24) is 19.7 Å². The second kappa shape index (κ2) is 10.9. The number of methoxy groups -OCH3 is 1. The Balaban J connectivity index is 1.61. The number of imide groups is 1. The van der Waals surface area contributed by atoms with Crippen molar-refractivity contribution in [1.29, 1.82) is 0 Å². The van der Waals surface area contributed by atoms with Crippen LogP contribution in [0.4, 0.5) is 0 Å². The molecule has 0 radical (unpaired) electrons. The molecule has 0 saturated carbocycles. The third-order valence-corrected chi connectivity index (χ3v) is 7.09. The average Bonchev–Trinajstić information content (AvgIpc) is 3.15. The smallest absolute Gasteiger partial charge is 0.260 e. The summed E-state index contributed by atoms with van der Waals surface area (Å²) in [4.78, 5) is 27.9. The lowest BCUT2D eigenvalue weighted by atomic mass is 10.2. The highest BCUT2D eigenvalue weighted by molar-refractivity contribution is 8.00. The topological polar surface area (TPSA) is 77.3 Å². The number of thioether (sulfide) groups is 1. The first-order valence-electron chi connectivity index (χ1n) is 11.0. The number of likely N-dealkylation sites (tertiary alicyclic amines) is 1. The van der Waals surface area contributed by atoms with Crippen LogP contribution in [-0.2, 0) is 11.3 Å². The zero-order valence-corrected chi connectivity index (χ0v) is 20.4. The Morgan fingerprint density at radius 3 is 2.71 bits per heavy atom. The van der Waals surface area contributed by atoms with Crippen molar-refractivity contribution in [2.75, 3.05) is 13.7 Å². The molecule has 9 heteroatoms. The number of benzene rings is 2. The Hall–Kier alpha value is -3.10. The molecule has 0 spiro atoms. The van der Waals surface area contributed by atoms with Crippen molar-refractivity contribution in [3.63, 3.8) is 0 Å². The van der Waals surface area contributed by atoms with E-state index in [0.29, 0.717) is 46.8 Å². The van der Waals surface area contributed by atoms with Crippen LogP contribution in [0.5, 0.6) is 5.75 Å². The highest BCUT2D eigenvalue weighted by atomic mass is 35.5. The Kier molecular flexibility index (Phi) is 7.70. The van der Waals surface area contributed by atoms with Gasteiger partial charge < -0.3 is 4.74 Å². The Bertz CT molecular complexity index is 1200. The van der Waals surface area contributed by atoms with Gasteiger partial charge in [0.05, 0.1) is 17.9 Å². The summed E-state index contributed by atoms with van der Waals surface area (Å²) in [5.74, 6) is 0.794. The van der Waals surface area contributed by atoms with Crippen LogP contribution in [0.3, 0.4) is 0 Å². The van der Waals surface area contributed by atoms with E-state index in [-0.39, 0.29) is 11.8 Å². The van der Waals surface area contributed by atoms with Gasteiger partial charge >= 0.3 is 0 Å². The highest BCUT2D eigenvalue weighted by Gasteiger charge is 2.33. The molecule has 1 aliphatic heterocycles. The third-order valence-electron chi connectivity index (χ3n) is 5.60. The molecule has 0 unspecified atom stereocenters. The third kappa shape index (κ3) is 5.03. The SMILES string of the molecule is C=CCn1c(S[C@@H]2CCCCN(C(=O)c3ccc(Cl)cc3)C2=O)nnc1-c1ccccc1OC. The zero-order valence-electron chi connectivity index (χ0n) is 18.8. The van der Waals surface area contributed by atoms with Gasteiger partial charge in [-0.15, -0.1) is 16.8 Å². The van der Waals surface area contributed by atoms with Crippen LogP contribution in [0.1, 0.15) is 29.6 Å². The number of ether oxygens (including phenoxy) is 1. The van der Waals surface area contributed by atoms with Crippen LogP contribution in [-0.4, -0.2) is 50.4 Å². The van der Waals surface area contributed by atoms with E-state index in [9.17, 15) is 9.59 Å². The summed E-state index contributed by atoms with van der Waals surface area (Å²) >= 11 is 7.29. The van der Waals surface area contributed by atoms with Gasteiger partial charge in [-0.05, 0) is 49.2 Å². The fourth-order valence-electron chi connectivity index (χ4n) is 3.89. The summed E-state index contributed by atoms with van der Waals surface area (Å²) in [5, 5.41) is 9.47. The summed E-state index contributed by atoms with van der Waals surface area (Å²) < 4.78 is 7.41. The normalized spacial score (nSPS) is 16.2. The first-order valence-corrected chi connectivity index (χ1v) is 12.2. The van der Waals surface area contributed by atoms with Crippen LogP contribution in [0.25, 0.3) is 11.4 Å². The minimum Gasteiger partial charge on any atom is -0.496 e. The van der Waals surface area contributed by atoms with Crippen molar-refractivity contribution in [2.45, 2.75) is 36.2 Å². The molecule has 2 amide bonds. The van der Waals surface area contributed by atoms with Crippen molar-refractivity contribution in [2.24, 2.45) is 0 Å². The lowest BCUT2D eigenvalue weighted by molar-refractivity contribution is -0.127. The van der Waals surface area contributed by atoms with E-state index in [2.05, 4.69) is 16.8 Å². The molecule has 1 fully saturated rings. The number of halogens is 1. The van der Waals surface area contributed by atoms with Gasteiger partial charge in [-0.3, -0.25) is 19.1 Å². The molecule has 0 aliphatic carbocycles. The predicted molar refractivity (Wildman–Crippen MR) is 133 cm³/mol. The fraction of sp³-hybridized carbons (Fsp3) is 0.280. The molecule has 1 atom stereocenters. The molecule has 7 nitrogen and oxygen atoms in total. The van der Waals surface area contributed by atoms with Crippen LogP contribution in [0.15, 0.2) is 66.3 Å². The van der Waals surface area contributed by atoms with Gasteiger partial charge in [0.1, 0.15) is 5.75 Å². The number of allylic oxidation sites excluding steroid dienone is 1.